The molecule has 0 unspecified atom stereocenters. The fourth-order valence-corrected chi connectivity index (χ4v) is 4.62. The Kier molecular flexibility index (Phi) is 6.79. The van der Waals surface area contributed by atoms with Gasteiger partial charge in [-0.05, 0) is 57.6 Å². The largest absolute Gasteiger partial charge is 0.411 e. The van der Waals surface area contributed by atoms with Gasteiger partial charge in [0.2, 0.25) is 0 Å². The summed E-state index contributed by atoms with van der Waals surface area (Å²) >= 11 is 0. The summed E-state index contributed by atoms with van der Waals surface area (Å²) in [5, 5.41) is 12.0. The average Bonchev–Trinajstić information content (AvgIpc) is 2.55. The molecule has 0 aliphatic heterocycles. The van der Waals surface area contributed by atoms with Crippen molar-refractivity contribution in [2.75, 3.05) is 0 Å². The zero-order chi connectivity index (χ0) is 17.4. The number of sulfone groups is 1. The van der Waals surface area contributed by atoms with Crippen LogP contribution < -0.4 is 0 Å². The minimum absolute atomic E-state index is 0.283. The number of hydrogen-bond acceptors (Lipinski definition) is 4. The van der Waals surface area contributed by atoms with E-state index in [0.29, 0.717) is 31.4 Å². The molecule has 24 heavy (non-hydrogen) atoms. The number of oxime groups is 1. The molecule has 0 fully saturated rings. The third-order valence-electron chi connectivity index (χ3n) is 4.22. The Bertz CT molecular complexity index is 715. The highest BCUT2D eigenvalue weighted by atomic mass is 32.2. The van der Waals surface area contributed by atoms with Gasteiger partial charge >= 0.3 is 0 Å². The van der Waals surface area contributed by atoms with Gasteiger partial charge in [0, 0.05) is 0 Å². The summed E-state index contributed by atoms with van der Waals surface area (Å²) in [5.74, 6) is 0. The fraction of sp³-hybridized carbons (Fsp3) is 0.421. The predicted octanol–water partition coefficient (Wildman–Crippen LogP) is 4.43. The highest BCUT2D eigenvalue weighted by molar-refractivity contribution is 7.92. The lowest BCUT2D eigenvalue weighted by molar-refractivity contribution is 0.316. The molecule has 4 nitrogen and oxygen atoms in total. The zero-order valence-corrected chi connectivity index (χ0v) is 14.9. The number of benzene rings is 1. The van der Waals surface area contributed by atoms with Crippen LogP contribution in [-0.4, -0.2) is 24.6 Å². The molecule has 0 aromatic heterocycles. The quantitative estimate of drug-likeness (QED) is 0.489. The molecule has 5 heteroatoms. The highest BCUT2D eigenvalue weighted by Gasteiger charge is 2.31. The van der Waals surface area contributed by atoms with Gasteiger partial charge < -0.3 is 5.21 Å². The van der Waals surface area contributed by atoms with Gasteiger partial charge in [-0.15, -0.1) is 0 Å². The van der Waals surface area contributed by atoms with E-state index >= 15 is 0 Å². The van der Waals surface area contributed by atoms with Gasteiger partial charge in [0.15, 0.2) is 9.84 Å². The van der Waals surface area contributed by atoms with Crippen LogP contribution in [0.15, 0.2) is 58.6 Å². The SMILES string of the molecule is Cc1ccc(S(=O)(=O)[C@H]2CC/C=C/CC/C=C/CC/C2=N\O)cc1. The summed E-state index contributed by atoms with van der Waals surface area (Å²) in [5.41, 5.74) is 1.35. The highest BCUT2D eigenvalue weighted by Crippen LogP contribution is 2.23. The molecule has 1 aliphatic rings. The van der Waals surface area contributed by atoms with Crippen molar-refractivity contribution >= 4 is 15.5 Å². The minimum Gasteiger partial charge on any atom is -0.411 e. The van der Waals surface area contributed by atoms with Crippen LogP contribution in [0.3, 0.4) is 0 Å². The van der Waals surface area contributed by atoms with Crippen LogP contribution in [-0.2, 0) is 9.84 Å². The number of allylic oxidation sites excluding steroid dienone is 4. The van der Waals surface area contributed by atoms with E-state index in [1.54, 1.807) is 24.3 Å². The zero-order valence-electron chi connectivity index (χ0n) is 14.1. The topological polar surface area (TPSA) is 66.7 Å². The smallest absolute Gasteiger partial charge is 0.186 e. The average molecular weight is 347 g/mol. The Hall–Kier alpha value is -1.88. The molecule has 0 heterocycles. The summed E-state index contributed by atoms with van der Waals surface area (Å²) < 4.78 is 26.1. The van der Waals surface area contributed by atoms with Crippen LogP contribution in [0, 0.1) is 6.92 Å². The maximum absolute atomic E-state index is 13.1. The van der Waals surface area contributed by atoms with Crippen molar-refractivity contribution in [3.8, 4) is 0 Å². The van der Waals surface area contributed by atoms with E-state index in [1.165, 1.54) is 0 Å². The van der Waals surface area contributed by atoms with Crippen LogP contribution in [0.4, 0.5) is 0 Å². The second-order valence-corrected chi connectivity index (χ2v) is 8.20. The summed E-state index contributed by atoms with van der Waals surface area (Å²) in [6.07, 6.45) is 12.4. The minimum atomic E-state index is -3.58. The van der Waals surface area contributed by atoms with Crippen molar-refractivity contribution in [2.24, 2.45) is 5.16 Å². The summed E-state index contributed by atoms with van der Waals surface area (Å²) in [4.78, 5) is 0.283. The van der Waals surface area contributed by atoms with Crippen molar-refractivity contribution in [1.82, 2.24) is 0 Å². The Labute approximate surface area is 144 Å². The third kappa shape index (κ3) is 4.81. The van der Waals surface area contributed by atoms with Crippen molar-refractivity contribution in [3.63, 3.8) is 0 Å². The second-order valence-electron chi connectivity index (χ2n) is 6.07. The van der Waals surface area contributed by atoms with E-state index in [2.05, 4.69) is 17.3 Å². The molecule has 0 spiro atoms. The molecular weight excluding hydrogens is 322 g/mol. The molecule has 130 valence electrons. The third-order valence-corrected chi connectivity index (χ3v) is 6.41. The maximum Gasteiger partial charge on any atom is 0.186 e. The Morgan fingerprint density at radius 1 is 0.958 bits per heavy atom. The number of rotatable bonds is 2. The number of hydrogen-bond donors (Lipinski definition) is 1. The predicted molar refractivity (Wildman–Crippen MR) is 97.4 cm³/mol. The van der Waals surface area contributed by atoms with E-state index < -0.39 is 15.1 Å². The van der Waals surface area contributed by atoms with Gasteiger partial charge in [-0.3, -0.25) is 0 Å². The molecule has 2 rings (SSSR count). The monoisotopic (exact) mass is 347 g/mol. The van der Waals surface area contributed by atoms with Gasteiger partial charge in [0.25, 0.3) is 0 Å². The van der Waals surface area contributed by atoms with Crippen LogP contribution >= 0.6 is 0 Å². The first-order valence-electron chi connectivity index (χ1n) is 8.37. The Morgan fingerprint density at radius 2 is 1.54 bits per heavy atom. The Balaban J connectivity index is 2.34. The first kappa shape index (κ1) is 18.5. The van der Waals surface area contributed by atoms with Gasteiger partial charge in [-0.1, -0.05) is 47.2 Å². The Morgan fingerprint density at radius 3 is 2.17 bits per heavy atom. The van der Waals surface area contributed by atoms with Crippen LogP contribution in [0.25, 0.3) is 0 Å². The molecule has 0 amide bonds. The molecule has 0 bridgehead atoms. The van der Waals surface area contributed by atoms with Gasteiger partial charge in [0.1, 0.15) is 5.25 Å². The molecule has 0 saturated carbocycles. The molecule has 1 aromatic carbocycles. The lowest BCUT2D eigenvalue weighted by atomic mass is 10.1. The van der Waals surface area contributed by atoms with Crippen LogP contribution in [0.2, 0.25) is 0 Å². The van der Waals surface area contributed by atoms with Crippen molar-refractivity contribution in [3.05, 3.63) is 54.1 Å². The van der Waals surface area contributed by atoms with E-state index in [0.717, 1.165) is 18.4 Å². The van der Waals surface area contributed by atoms with E-state index in [-0.39, 0.29) is 4.90 Å². The molecule has 1 atom stereocenters. The summed E-state index contributed by atoms with van der Waals surface area (Å²) in [6.45, 7) is 1.92. The lowest BCUT2D eigenvalue weighted by Crippen LogP contribution is -2.30. The van der Waals surface area contributed by atoms with E-state index in [4.69, 9.17) is 0 Å². The maximum atomic E-state index is 13.1. The normalized spacial score (nSPS) is 24.7. The van der Waals surface area contributed by atoms with Gasteiger partial charge in [-0.25, -0.2) is 8.42 Å². The molecule has 1 N–H and O–H groups in total. The lowest BCUT2D eigenvalue weighted by Gasteiger charge is -2.18. The molecule has 0 saturated heterocycles. The first-order valence-corrected chi connectivity index (χ1v) is 9.91. The van der Waals surface area contributed by atoms with Crippen molar-refractivity contribution < 1.29 is 13.6 Å². The van der Waals surface area contributed by atoms with Crippen LogP contribution in [0.5, 0.6) is 0 Å². The molecule has 0 radical (unpaired) electrons. The van der Waals surface area contributed by atoms with Crippen molar-refractivity contribution in [2.45, 2.75) is 55.6 Å². The molecular formula is C19H25NO3S. The first-order chi connectivity index (χ1) is 11.6. The number of aryl methyl sites for hydroxylation is 1. The molecule has 1 aromatic rings. The van der Waals surface area contributed by atoms with Gasteiger partial charge in [-0.2, -0.15) is 0 Å². The standard InChI is InChI=1S/C19H25NO3S/c1-16-12-14-17(15-13-16)24(22,23)19-11-9-7-5-3-2-4-6-8-10-18(19)20-21/h4-7,12-15,19,21H,2-3,8-11H2,1H3/b6-4+,7-5+,20-18+/t19-/m0/s1. The van der Waals surface area contributed by atoms with Crippen molar-refractivity contribution in [1.29, 1.82) is 0 Å². The summed E-state index contributed by atoms with van der Waals surface area (Å²) in [6, 6.07) is 6.85. The second kappa shape index (κ2) is 8.83. The number of nitrogens with zero attached hydrogens (tertiary/aromatic N) is 1. The fourth-order valence-electron chi connectivity index (χ4n) is 2.81. The summed E-state index contributed by atoms with van der Waals surface area (Å²) in [7, 11) is -3.58. The van der Waals surface area contributed by atoms with Crippen LogP contribution in [0.1, 0.15) is 44.1 Å². The van der Waals surface area contributed by atoms with E-state index in [9.17, 15) is 13.6 Å². The van der Waals surface area contributed by atoms with Gasteiger partial charge in [0.05, 0.1) is 10.6 Å². The molecule has 1 aliphatic carbocycles. The van der Waals surface area contributed by atoms with E-state index in [1.807, 2.05) is 19.1 Å².